The van der Waals surface area contributed by atoms with Gasteiger partial charge >= 0.3 is 0 Å². The third-order valence-corrected chi connectivity index (χ3v) is 4.05. The Morgan fingerprint density at radius 3 is 2.44 bits per heavy atom. The zero-order valence-electron chi connectivity index (χ0n) is 15.3. The number of benzene rings is 2. The number of ether oxygens (including phenoxy) is 1. The fourth-order valence-electron chi connectivity index (χ4n) is 2.67. The molecule has 0 aliphatic carbocycles. The van der Waals surface area contributed by atoms with E-state index in [1.807, 2.05) is 55.6 Å². The third-order valence-electron chi connectivity index (χ3n) is 4.05. The van der Waals surface area contributed by atoms with Crippen molar-refractivity contribution < 1.29 is 9.53 Å². The molecule has 0 saturated carbocycles. The Kier molecular flexibility index (Phi) is 6.55. The van der Waals surface area contributed by atoms with Crippen LogP contribution in [0, 0.1) is 0 Å². The highest BCUT2D eigenvalue weighted by atomic mass is 16.5. The molecule has 138 valence electrons. The van der Waals surface area contributed by atoms with Crippen molar-refractivity contribution >= 4 is 5.91 Å². The normalized spacial score (nSPS) is 10.6. The van der Waals surface area contributed by atoms with Gasteiger partial charge in [0.1, 0.15) is 11.3 Å². The first-order chi connectivity index (χ1) is 13.2. The number of aromatic nitrogens is 1. The van der Waals surface area contributed by atoms with Crippen molar-refractivity contribution in [3.63, 3.8) is 0 Å². The highest BCUT2D eigenvalue weighted by Gasteiger charge is 2.14. The summed E-state index contributed by atoms with van der Waals surface area (Å²) in [5.74, 6) is 0.758. The van der Waals surface area contributed by atoms with Gasteiger partial charge in [-0.3, -0.25) is 4.79 Å². The predicted octanol–water partition coefficient (Wildman–Crippen LogP) is 3.74. The lowest BCUT2D eigenvalue weighted by molar-refractivity contribution is 0.0946. The topological polar surface area (TPSA) is 54.5 Å². The quantitative estimate of drug-likeness (QED) is 0.664. The van der Waals surface area contributed by atoms with Crippen LogP contribution in [-0.4, -0.2) is 35.9 Å². The zero-order chi connectivity index (χ0) is 18.9. The Bertz CT molecular complexity index is 854. The summed E-state index contributed by atoms with van der Waals surface area (Å²) in [6, 6.07) is 23.0. The van der Waals surface area contributed by atoms with Crippen LogP contribution in [0.2, 0.25) is 0 Å². The molecule has 3 aromatic rings. The first-order valence-corrected chi connectivity index (χ1v) is 8.91. The van der Waals surface area contributed by atoms with Gasteiger partial charge in [0.25, 0.3) is 5.91 Å². The highest BCUT2D eigenvalue weighted by Crippen LogP contribution is 2.22. The van der Waals surface area contributed by atoms with Gasteiger partial charge in [0.2, 0.25) is 5.88 Å². The molecular formula is C22H23N3O2. The average molecular weight is 361 g/mol. The van der Waals surface area contributed by atoms with Crippen LogP contribution in [0.15, 0.2) is 79.0 Å². The van der Waals surface area contributed by atoms with Gasteiger partial charge in [-0.1, -0.05) is 48.5 Å². The molecule has 0 bridgehead atoms. The van der Waals surface area contributed by atoms with Gasteiger partial charge in [-0.05, 0) is 36.9 Å². The number of para-hydroxylation sites is 1. The number of hydrogen-bond acceptors (Lipinski definition) is 4. The van der Waals surface area contributed by atoms with E-state index >= 15 is 0 Å². The van der Waals surface area contributed by atoms with Gasteiger partial charge in [0, 0.05) is 25.8 Å². The number of hydrogen-bond donors (Lipinski definition) is 1. The molecule has 1 N–H and O–H groups in total. The summed E-state index contributed by atoms with van der Waals surface area (Å²) < 4.78 is 5.75. The monoisotopic (exact) mass is 361 g/mol. The molecule has 0 spiro atoms. The highest BCUT2D eigenvalue weighted by molar-refractivity contribution is 5.96. The van der Waals surface area contributed by atoms with Crippen LogP contribution >= 0.6 is 0 Å². The van der Waals surface area contributed by atoms with E-state index in [4.69, 9.17) is 4.74 Å². The summed E-state index contributed by atoms with van der Waals surface area (Å²) >= 11 is 0. The van der Waals surface area contributed by atoms with Crippen molar-refractivity contribution in [1.29, 1.82) is 0 Å². The summed E-state index contributed by atoms with van der Waals surface area (Å²) in [5.41, 5.74) is 1.67. The maximum absolute atomic E-state index is 12.5. The minimum absolute atomic E-state index is 0.192. The summed E-state index contributed by atoms with van der Waals surface area (Å²) in [5, 5.41) is 2.94. The van der Waals surface area contributed by atoms with Gasteiger partial charge in [-0.15, -0.1) is 0 Å². The summed E-state index contributed by atoms with van der Waals surface area (Å²) in [6.45, 7) is 2.13. The first kappa shape index (κ1) is 18.6. The molecule has 0 unspecified atom stereocenters. The van der Waals surface area contributed by atoms with Gasteiger partial charge in [-0.2, -0.15) is 0 Å². The van der Waals surface area contributed by atoms with E-state index in [1.165, 1.54) is 5.56 Å². The van der Waals surface area contributed by atoms with Crippen molar-refractivity contribution in [3.05, 3.63) is 90.1 Å². The van der Waals surface area contributed by atoms with Crippen LogP contribution in [0.4, 0.5) is 0 Å². The molecule has 5 nitrogen and oxygen atoms in total. The molecule has 0 saturated heterocycles. The van der Waals surface area contributed by atoms with Crippen LogP contribution in [0.25, 0.3) is 0 Å². The fraction of sp³-hybridized carbons (Fsp3) is 0.182. The van der Waals surface area contributed by atoms with Crippen molar-refractivity contribution in [3.8, 4) is 11.6 Å². The standard InChI is InChI=1S/C22H23N3O2/c1-25(17-18-9-4-2-5-10-18)16-15-23-21(26)20-13-8-14-24-22(20)27-19-11-6-3-7-12-19/h2-14H,15-17H2,1H3,(H,23,26). The predicted molar refractivity (Wildman–Crippen MR) is 106 cm³/mol. The van der Waals surface area contributed by atoms with E-state index in [9.17, 15) is 4.79 Å². The molecule has 0 radical (unpaired) electrons. The number of carbonyl (C=O) groups excluding carboxylic acids is 1. The molecule has 5 heteroatoms. The molecular weight excluding hydrogens is 338 g/mol. The van der Waals surface area contributed by atoms with Crippen molar-refractivity contribution in [2.75, 3.05) is 20.1 Å². The van der Waals surface area contributed by atoms with Crippen molar-refractivity contribution in [1.82, 2.24) is 15.2 Å². The van der Waals surface area contributed by atoms with Gasteiger partial charge in [0.15, 0.2) is 0 Å². The van der Waals surface area contributed by atoms with E-state index in [0.29, 0.717) is 23.7 Å². The molecule has 0 aliphatic rings. The largest absolute Gasteiger partial charge is 0.438 e. The summed E-state index contributed by atoms with van der Waals surface area (Å²) in [4.78, 5) is 18.9. The smallest absolute Gasteiger partial charge is 0.256 e. The second-order valence-corrected chi connectivity index (χ2v) is 6.25. The maximum Gasteiger partial charge on any atom is 0.256 e. The van der Waals surface area contributed by atoms with Crippen LogP contribution in [0.3, 0.4) is 0 Å². The second-order valence-electron chi connectivity index (χ2n) is 6.25. The second kappa shape index (κ2) is 9.50. The molecule has 1 heterocycles. The molecule has 0 aliphatic heterocycles. The van der Waals surface area contributed by atoms with E-state index in [2.05, 4.69) is 27.3 Å². The van der Waals surface area contributed by atoms with Crippen LogP contribution in [-0.2, 0) is 6.54 Å². The van der Waals surface area contributed by atoms with Gasteiger partial charge in [-0.25, -0.2) is 4.98 Å². The molecule has 2 aromatic carbocycles. The minimum Gasteiger partial charge on any atom is -0.438 e. The van der Waals surface area contributed by atoms with Gasteiger partial charge < -0.3 is 15.0 Å². The average Bonchev–Trinajstić information content (AvgIpc) is 2.70. The number of carbonyl (C=O) groups is 1. The number of pyridine rings is 1. The van der Waals surface area contributed by atoms with E-state index in [1.54, 1.807) is 18.3 Å². The van der Waals surface area contributed by atoms with E-state index < -0.39 is 0 Å². The Labute approximate surface area is 159 Å². The first-order valence-electron chi connectivity index (χ1n) is 8.91. The molecule has 1 amide bonds. The lowest BCUT2D eigenvalue weighted by atomic mass is 10.2. The van der Waals surface area contributed by atoms with Crippen LogP contribution in [0.5, 0.6) is 11.6 Å². The Morgan fingerprint density at radius 1 is 1.00 bits per heavy atom. The van der Waals surface area contributed by atoms with E-state index in [-0.39, 0.29) is 5.91 Å². The Morgan fingerprint density at radius 2 is 1.70 bits per heavy atom. The summed E-state index contributed by atoms with van der Waals surface area (Å²) in [6.07, 6.45) is 1.61. The number of rotatable bonds is 8. The fourth-order valence-corrected chi connectivity index (χ4v) is 2.67. The molecule has 0 atom stereocenters. The maximum atomic E-state index is 12.5. The van der Waals surface area contributed by atoms with Crippen molar-refractivity contribution in [2.45, 2.75) is 6.54 Å². The molecule has 3 rings (SSSR count). The molecule has 1 aromatic heterocycles. The Balaban J connectivity index is 1.54. The summed E-state index contributed by atoms with van der Waals surface area (Å²) in [7, 11) is 2.03. The SMILES string of the molecule is CN(CCNC(=O)c1cccnc1Oc1ccccc1)Cc1ccccc1. The van der Waals surface area contributed by atoms with Crippen LogP contribution < -0.4 is 10.1 Å². The minimum atomic E-state index is -0.192. The van der Waals surface area contributed by atoms with Gasteiger partial charge in [0.05, 0.1) is 0 Å². The molecule has 27 heavy (non-hydrogen) atoms. The van der Waals surface area contributed by atoms with E-state index in [0.717, 1.165) is 13.1 Å². The number of nitrogens with one attached hydrogen (secondary N) is 1. The lowest BCUT2D eigenvalue weighted by Crippen LogP contribution is -2.33. The number of likely N-dealkylation sites (N-methyl/N-ethyl adjacent to an activating group) is 1. The third kappa shape index (κ3) is 5.66. The zero-order valence-corrected chi connectivity index (χ0v) is 15.3. The number of amides is 1. The van der Waals surface area contributed by atoms with Crippen LogP contribution in [0.1, 0.15) is 15.9 Å². The Hall–Kier alpha value is -3.18. The molecule has 0 fully saturated rings. The number of nitrogens with zero attached hydrogens (tertiary/aromatic N) is 2. The lowest BCUT2D eigenvalue weighted by Gasteiger charge is -2.17. The van der Waals surface area contributed by atoms with Crippen molar-refractivity contribution in [2.24, 2.45) is 0 Å².